The largest absolute Gasteiger partial charge is 0.490 e. The highest BCUT2D eigenvalue weighted by molar-refractivity contribution is 6.02. The minimum absolute atomic E-state index is 0.0225. The van der Waals surface area contributed by atoms with Crippen LogP contribution in [0.1, 0.15) is 36.8 Å². The molecule has 8 heteroatoms. The van der Waals surface area contributed by atoms with E-state index >= 15 is 0 Å². The van der Waals surface area contributed by atoms with Crippen molar-refractivity contribution in [1.29, 1.82) is 5.26 Å². The molecular weight excluding hydrogens is 435 g/mol. The lowest BCUT2D eigenvalue weighted by molar-refractivity contribution is -0.131. The van der Waals surface area contributed by atoms with Crippen LogP contribution in [-0.4, -0.2) is 49.2 Å². The molecule has 34 heavy (non-hydrogen) atoms. The average molecular weight is 463 g/mol. The van der Waals surface area contributed by atoms with Crippen molar-refractivity contribution in [3.05, 3.63) is 53.3 Å². The molecule has 7 nitrogen and oxygen atoms in total. The van der Waals surface area contributed by atoms with Gasteiger partial charge in [-0.05, 0) is 47.7 Å². The standard InChI is InChI=1S/C26H27FN4O3/c1-33-11-12-34-24-14-21(27)7-8-23(24)18-5-6-19-16-31(17-20(19)13-18)26(32)4-2-3-22-9-10-29-25(15-28)30-22/h5-8,10,13-14,22H,2-4,9,11-12,16-17H2,1H3. The zero-order chi connectivity index (χ0) is 23.9. The smallest absolute Gasteiger partial charge is 0.227 e. The normalized spacial score (nSPS) is 16.7. The zero-order valence-electron chi connectivity index (χ0n) is 19.2. The lowest BCUT2D eigenvalue weighted by Crippen LogP contribution is -2.25. The number of nitriles is 1. The Morgan fingerprint density at radius 1 is 1.21 bits per heavy atom. The SMILES string of the molecule is COCCOc1cc(F)ccc1-c1ccc2c(c1)CN(C(=O)CCCC1CC=NC(C#N)=N1)C2. The number of hydrogen-bond donors (Lipinski definition) is 0. The molecule has 4 rings (SSSR count). The Labute approximate surface area is 198 Å². The van der Waals surface area contributed by atoms with E-state index in [-0.39, 0.29) is 23.6 Å². The number of halogens is 1. The summed E-state index contributed by atoms with van der Waals surface area (Å²) < 4.78 is 24.6. The van der Waals surface area contributed by atoms with E-state index in [1.165, 1.54) is 12.1 Å². The molecule has 0 aromatic heterocycles. The highest BCUT2D eigenvalue weighted by atomic mass is 19.1. The van der Waals surface area contributed by atoms with Crippen LogP contribution in [0.4, 0.5) is 4.39 Å². The number of carbonyl (C=O) groups is 1. The predicted octanol–water partition coefficient (Wildman–Crippen LogP) is 4.30. The first kappa shape index (κ1) is 23.6. The number of nitrogens with zero attached hydrogens (tertiary/aromatic N) is 4. The molecule has 1 unspecified atom stereocenters. The number of amides is 1. The second-order valence-electron chi connectivity index (χ2n) is 8.37. The van der Waals surface area contributed by atoms with Crippen molar-refractivity contribution in [3.8, 4) is 22.9 Å². The Kier molecular flexibility index (Phi) is 7.65. The number of rotatable bonds is 9. The van der Waals surface area contributed by atoms with Gasteiger partial charge in [-0.25, -0.2) is 9.38 Å². The molecule has 1 atom stereocenters. The number of methoxy groups -OCH3 is 1. The summed E-state index contributed by atoms with van der Waals surface area (Å²) in [5, 5.41) is 8.94. The summed E-state index contributed by atoms with van der Waals surface area (Å²) in [5.74, 6) is 0.431. The summed E-state index contributed by atoms with van der Waals surface area (Å²) in [6, 6.07) is 12.6. The van der Waals surface area contributed by atoms with Gasteiger partial charge in [0.2, 0.25) is 11.7 Å². The average Bonchev–Trinajstić information content (AvgIpc) is 3.28. The van der Waals surface area contributed by atoms with Gasteiger partial charge in [0.25, 0.3) is 0 Å². The number of fused-ring (bicyclic) bond motifs is 1. The van der Waals surface area contributed by atoms with Gasteiger partial charge >= 0.3 is 0 Å². The van der Waals surface area contributed by atoms with Gasteiger partial charge in [0, 0.05) is 50.9 Å². The van der Waals surface area contributed by atoms with Crippen molar-refractivity contribution < 1.29 is 18.7 Å². The van der Waals surface area contributed by atoms with Crippen molar-refractivity contribution >= 4 is 18.0 Å². The minimum Gasteiger partial charge on any atom is -0.490 e. The number of aliphatic imine (C=N–C) groups is 2. The summed E-state index contributed by atoms with van der Waals surface area (Å²) in [5.41, 5.74) is 3.93. The minimum atomic E-state index is -0.357. The lowest BCUT2D eigenvalue weighted by atomic mass is 10.00. The molecule has 0 fully saturated rings. The third-order valence-electron chi connectivity index (χ3n) is 6.00. The lowest BCUT2D eigenvalue weighted by Gasteiger charge is -2.17. The van der Waals surface area contributed by atoms with E-state index < -0.39 is 0 Å². The molecule has 0 aliphatic carbocycles. The highest BCUT2D eigenvalue weighted by Gasteiger charge is 2.24. The maximum Gasteiger partial charge on any atom is 0.227 e. The van der Waals surface area contributed by atoms with Crippen LogP contribution in [0.3, 0.4) is 0 Å². The molecule has 0 saturated carbocycles. The summed E-state index contributed by atoms with van der Waals surface area (Å²) in [4.78, 5) is 22.9. The number of ether oxygens (including phenoxy) is 2. The van der Waals surface area contributed by atoms with E-state index in [2.05, 4.69) is 16.1 Å². The van der Waals surface area contributed by atoms with Gasteiger partial charge in [-0.2, -0.15) is 5.26 Å². The molecule has 0 saturated heterocycles. The maximum atomic E-state index is 13.8. The Balaban J connectivity index is 1.37. The first-order valence-electron chi connectivity index (χ1n) is 11.4. The Bertz CT molecular complexity index is 1160. The van der Waals surface area contributed by atoms with E-state index in [0.29, 0.717) is 44.9 Å². The van der Waals surface area contributed by atoms with E-state index in [1.54, 1.807) is 19.4 Å². The zero-order valence-corrected chi connectivity index (χ0v) is 19.2. The van der Waals surface area contributed by atoms with Crippen LogP contribution in [0.15, 0.2) is 46.4 Å². The van der Waals surface area contributed by atoms with Crippen LogP contribution >= 0.6 is 0 Å². The monoisotopic (exact) mass is 462 g/mol. The van der Waals surface area contributed by atoms with Crippen molar-refractivity contribution in [2.24, 2.45) is 9.98 Å². The summed E-state index contributed by atoms with van der Waals surface area (Å²) in [7, 11) is 1.59. The predicted molar refractivity (Wildman–Crippen MR) is 127 cm³/mol. The molecule has 0 bridgehead atoms. The van der Waals surface area contributed by atoms with Crippen LogP contribution in [0.5, 0.6) is 5.75 Å². The first-order chi connectivity index (χ1) is 16.6. The molecule has 2 aliphatic rings. The van der Waals surface area contributed by atoms with E-state index in [1.807, 2.05) is 23.1 Å². The van der Waals surface area contributed by atoms with Crippen molar-refractivity contribution in [2.75, 3.05) is 20.3 Å². The number of carbonyl (C=O) groups excluding carboxylic acids is 1. The van der Waals surface area contributed by atoms with Gasteiger partial charge in [0.05, 0.1) is 12.6 Å². The van der Waals surface area contributed by atoms with Gasteiger partial charge in [-0.15, -0.1) is 0 Å². The van der Waals surface area contributed by atoms with Crippen molar-refractivity contribution in [3.63, 3.8) is 0 Å². The van der Waals surface area contributed by atoms with Crippen LogP contribution in [-0.2, 0) is 22.6 Å². The Hall–Kier alpha value is -3.57. The molecule has 1 amide bonds. The molecule has 176 valence electrons. The third kappa shape index (κ3) is 5.67. The second-order valence-corrected chi connectivity index (χ2v) is 8.37. The molecule has 0 radical (unpaired) electrons. The van der Waals surface area contributed by atoms with Crippen molar-refractivity contribution in [1.82, 2.24) is 4.90 Å². The molecule has 0 spiro atoms. The van der Waals surface area contributed by atoms with Gasteiger partial charge in [-0.3, -0.25) is 9.79 Å². The van der Waals surface area contributed by atoms with E-state index in [9.17, 15) is 9.18 Å². The summed E-state index contributed by atoms with van der Waals surface area (Å²) in [6.07, 6.45) is 4.35. The van der Waals surface area contributed by atoms with Gasteiger partial charge in [0.15, 0.2) is 0 Å². The molecule has 2 heterocycles. The maximum absolute atomic E-state index is 13.8. The molecule has 0 N–H and O–H groups in total. The summed E-state index contributed by atoms with van der Waals surface area (Å²) >= 11 is 0. The fraction of sp³-hybridized carbons (Fsp3) is 0.385. The quantitative estimate of drug-likeness (QED) is 0.520. The highest BCUT2D eigenvalue weighted by Crippen LogP contribution is 2.34. The first-order valence-corrected chi connectivity index (χ1v) is 11.4. The van der Waals surface area contributed by atoms with Gasteiger partial charge in [-0.1, -0.05) is 12.1 Å². The fourth-order valence-corrected chi connectivity index (χ4v) is 4.23. The van der Waals surface area contributed by atoms with Crippen LogP contribution in [0.25, 0.3) is 11.1 Å². The Morgan fingerprint density at radius 2 is 2.06 bits per heavy atom. The molecule has 2 aliphatic heterocycles. The Morgan fingerprint density at radius 3 is 2.88 bits per heavy atom. The van der Waals surface area contributed by atoms with E-state index in [0.717, 1.165) is 35.1 Å². The van der Waals surface area contributed by atoms with Gasteiger partial charge in [0.1, 0.15) is 24.2 Å². The number of amidine groups is 1. The second kappa shape index (κ2) is 11.0. The summed E-state index contributed by atoms with van der Waals surface area (Å²) in [6.45, 7) is 1.88. The fourth-order valence-electron chi connectivity index (χ4n) is 4.23. The molecule has 2 aromatic carbocycles. The topological polar surface area (TPSA) is 87.3 Å². The number of hydrogen-bond acceptors (Lipinski definition) is 6. The van der Waals surface area contributed by atoms with E-state index in [4.69, 9.17) is 14.7 Å². The van der Waals surface area contributed by atoms with Gasteiger partial charge < -0.3 is 14.4 Å². The van der Waals surface area contributed by atoms with Crippen LogP contribution in [0, 0.1) is 17.1 Å². The van der Waals surface area contributed by atoms with Crippen molar-refractivity contribution in [2.45, 2.75) is 44.8 Å². The van der Waals surface area contributed by atoms with Crippen LogP contribution < -0.4 is 4.74 Å². The number of benzene rings is 2. The molecule has 2 aromatic rings. The molecular formula is C26H27FN4O3. The third-order valence-corrected chi connectivity index (χ3v) is 6.00. The van der Waals surface area contributed by atoms with Crippen LogP contribution in [0.2, 0.25) is 0 Å².